The van der Waals surface area contributed by atoms with Crippen molar-refractivity contribution < 1.29 is 9.18 Å². The van der Waals surface area contributed by atoms with Crippen molar-refractivity contribution in [3.63, 3.8) is 0 Å². The minimum atomic E-state index is -0.320. The number of benzene rings is 2. The number of thiazole rings is 1. The van der Waals surface area contributed by atoms with Crippen molar-refractivity contribution in [3.05, 3.63) is 77.7 Å². The van der Waals surface area contributed by atoms with Crippen molar-refractivity contribution in [2.24, 2.45) is 7.05 Å². The molecule has 0 aliphatic heterocycles. The van der Waals surface area contributed by atoms with Gasteiger partial charge in [0.05, 0.1) is 15.4 Å². The number of halogens is 1. The molecule has 0 unspecified atom stereocenters. The fourth-order valence-electron chi connectivity index (χ4n) is 3.19. The largest absolute Gasteiger partial charge is 0.333 e. The number of aryl methyl sites for hydroxylation is 1. The molecule has 8 heteroatoms. The summed E-state index contributed by atoms with van der Waals surface area (Å²) >= 11 is 2.70. The Hall–Kier alpha value is -3.36. The predicted molar refractivity (Wildman–Crippen MR) is 119 cm³/mol. The molecule has 30 heavy (non-hydrogen) atoms. The maximum absolute atomic E-state index is 13.5. The Balaban J connectivity index is 1.52. The van der Waals surface area contributed by atoms with E-state index in [1.807, 2.05) is 48.1 Å². The second-order valence-electron chi connectivity index (χ2n) is 6.67. The Labute approximate surface area is 179 Å². The van der Waals surface area contributed by atoms with Crippen LogP contribution in [0.15, 0.2) is 67.0 Å². The number of hydrogen-bond donors (Lipinski definition) is 1. The number of fused-ring (bicyclic) bond motifs is 1. The van der Waals surface area contributed by atoms with Crippen molar-refractivity contribution in [1.82, 2.24) is 14.5 Å². The fraction of sp³-hybridized carbons (Fsp3) is 0.0455. The molecule has 1 amide bonds. The highest BCUT2D eigenvalue weighted by Gasteiger charge is 2.20. The van der Waals surface area contributed by atoms with Crippen LogP contribution in [0.4, 0.5) is 9.52 Å². The van der Waals surface area contributed by atoms with Crippen molar-refractivity contribution in [2.75, 3.05) is 5.32 Å². The first-order valence-electron chi connectivity index (χ1n) is 9.13. The van der Waals surface area contributed by atoms with Crippen LogP contribution in [-0.2, 0) is 7.05 Å². The van der Waals surface area contributed by atoms with Crippen LogP contribution >= 0.6 is 22.7 Å². The van der Waals surface area contributed by atoms with Crippen molar-refractivity contribution in [2.45, 2.75) is 0 Å². The SMILES string of the molecule is Cn1ccnc1-c1sc(NC(=O)c2cc3cc(F)ccc3s2)nc1-c1ccccc1. The van der Waals surface area contributed by atoms with Crippen LogP contribution in [0.3, 0.4) is 0 Å². The molecule has 0 spiro atoms. The number of amides is 1. The maximum atomic E-state index is 13.5. The van der Waals surface area contributed by atoms with Crippen LogP contribution in [-0.4, -0.2) is 20.4 Å². The molecule has 0 fully saturated rings. The number of nitrogens with zero attached hydrogens (tertiary/aromatic N) is 3. The van der Waals surface area contributed by atoms with Crippen molar-refractivity contribution in [3.8, 4) is 22.0 Å². The number of imidazole rings is 1. The Morgan fingerprint density at radius 2 is 1.93 bits per heavy atom. The minimum absolute atomic E-state index is 0.267. The number of nitrogens with one attached hydrogen (secondary N) is 1. The molecular formula is C22H15FN4OS2. The molecule has 5 nitrogen and oxygen atoms in total. The van der Waals surface area contributed by atoms with E-state index < -0.39 is 0 Å². The highest BCUT2D eigenvalue weighted by atomic mass is 32.1. The molecule has 0 bridgehead atoms. The van der Waals surface area contributed by atoms with Crippen molar-refractivity contribution >= 4 is 43.8 Å². The van der Waals surface area contributed by atoms with E-state index in [0.717, 1.165) is 26.7 Å². The number of aromatic nitrogens is 3. The van der Waals surface area contributed by atoms with Gasteiger partial charge in [-0.05, 0) is 29.7 Å². The molecule has 0 radical (unpaired) electrons. The van der Waals surface area contributed by atoms with Crippen LogP contribution in [0.1, 0.15) is 9.67 Å². The van der Waals surface area contributed by atoms with E-state index in [9.17, 15) is 9.18 Å². The molecule has 0 aliphatic rings. The van der Waals surface area contributed by atoms with Gasteiger partial charge < -0.3 is 4.57 Å². The van der Waals surface area contributed by atoms with Crippen LogP contribution in [0.2, 0.25) is 0 Å². The standard InChI is InChI=1S/C22H15FN4OS2/c1-27-10-9-24-20(27)19-18(13-5-3-2-4-6-13)25-22(30-19)26-21(28)17-12-14-11-15(23)7-8-16(14)29-17/h2-12H,1H3,(H,25,26,28). The average Bonchev–Trinajstić information content (AvgIpc) is 3.46. The summed E-state index contributed by atoms with van der Waals surface area (Å²) < 4.78 is 16.2. The van der Waals surface area contributed by atoms with E-state index in [1.54, 1.807) is 18.3 Å². The third kappa shape index (κ3) is 3.40. The number of thiophene rings is 1. The zero-order valence-electron chi connectivity index (χ0n) is 15.8. The molecule has 5 rings (SSSR count). The molecule has 148 valence electrons. The predicted octanol–water partition coefficient (Wildman–Crippen LogP) is 5.82. The van der Waals surface area contributed by atoms with E-state index in [1.165, 1.54) is 34.8 Å². The molecule has 3 heterocycles. The second kappa shape index (κ2) is 7.47. The summed E-state index contributed by atoms with van der Waals surface area (Å²) in [7, 11) is 1.92. The van der Waals surface area contributed by atoms with Gasteiger partial charge in [-0.25, -0.2) is 14.4 Å². The van der Waals surface area contributed by atoms with E-state index in [2.05, 4.69) is 15.3 Å². The number of carbonyl (C=O) groups excluding carboxylic acids is 1. The van der Waals surface area contributed by atoms with Gasteiger partial charge in [0.1, 0.15) is 5.82 Å². The normalized spacial score (nSPS) is 11.1. The van der Waals surface area contributed by atoms with Gasteiger partial charge in [-0.1, -0.05) is 41.7 Å². The molecule has 0 aliphatic carbocycles. The lowest BCUT2D eigenvalue weighted by atomic mass is 10.1. The minimum Gasteiger partial charge on any atom is -0.333 e. The molecule has 1 N–H and O–H groups in total. The highest BCUT2D eigenvalue weighted by molar-refractivity contribution is 7.21. The van der Waals surface area contributed by atoms with E-state index in [4.69, 9.17) is 0 Å². The summed E-state index contributed by atoms with van der Waals surface area (Å²) in [5.74, 6) is 0.194. The first kappa shape index (κ1) is 18.7. The molecule has 0 saturated heterocycles. The summed E-state index contributed by atoms with van der Waals surface area (Å²) in [6.45, 7) is 0. The van der Waals surface area contributed by atoms with Crippen LogP contribution in [0.25, 0.3) is 32.0 Å². The topological polar surface area (TPSA) is 59.8 Å². The Morgan fingerprint density at radius 1 is 1.10 bits per heavy atom. The number of anilines is 1. The second-order valence-corrected chi connectivity index (χ2v) is 8.75. The van der Waals surface area contributed by atoms with E-state index >= 15 is 0 Å². The first-order valence-corrected chi connectivity index (χ1v) is 10.8. The Morgan fingerprint density at radius 3 is 2.70 bits per heavy atom. The number of carbonyl (C=O) groups is 1. The zero-order chi connectivity index (χ0) is 20.7. The molecule has 3 aromatic heterocycles. The molecular weight excluding hydrogens is 419 g/mol. The van der Waals surface area contributed by atoms with Gasteiger partial charge in [-0.3, -0.25) is 10.1 Å². The lowest BCUT2D eigenvalue weighted by Crippen LogP contribution is -2.09. The monoisotopic (exact) mass is 434 g/mol. The summed E-state index contributed by atoms with van der Waals surface area (Å²) in [4.78, 5) is 23.3. The maximum Gasteiger partial charge on any atom is 0.267 e. The molecule has 0 atom stereocenters. The number of hydrogen-bond acceptors (Lipinski definition) is 5. The average molecular weight is 435 g/mol. The van der Waals surface area contributed by atoms with Gasteiger partial charge >= 0.3 is 0 Å². The quantitative estimate of drug-likeness (QED) is 0.388. The summed E-state index contributed by atoms with van der Waals surface area (Å²) in [5.41, 5.74) is 1.72. The Kier molecular flexibility index (Phi) is 4.65. The smallest absolute Gasteiger partial charge is 0.267 e. The van der Waals surface area contributed by atoms with Gasteiger partial charge in [0.15, 0.2) is 11.0 Å². The Bertz CT molecular complexity index is 1370. The first-order chi connectivity index (χ1) is 14.6. The van der Waals surface area contributed by atoms with Gasteiger partial charge in [0.2, 0.25) is 0 Å². The van der Waals surface area contributed by atoms with Crippen LogP contribution in [0, 0.1) is 5.82 Å². The van der Waals surface area contributed by atoms with Gasteiger partial charge in [0, 0.05) is 29.7 Å². The van der Waals surface area contributed by atoms with Gasteiger partial charge in [0.25, 0.3) is 5.91 Å². The fourth-order valence-corrected chi connectivity index (χ4v) is 5.15. The van der Waals surface area contributed by atoms with Gasteiger partial charge in [-0.2, -0.15) is 0 Å². The van der Waals surface area contributed by atoms with Crippen molar-refractivity contribution in [1.29, 1.82) is 0 Å². The number of rotatable bonds is 4. The van der Waals surface area contributed by atoms with Crippen LogP contribution in [0.5, 0.6) is 0 Å². The summed E-state index contributed by atoms with van der Waals surface area (Å²) in [5, 5.41) is 4.09. The zero-order valence-corrected chi connectivity index (χ0v) is 17.4. The molecule has 0 saturated carbocycles. The third-order valence-electron chi connectivity index (χ3n) is 4.62. The molecule has 5 aromatic rings. The van der Waals surface area contributed by atoms with Gasteiger partial charge in [-0.15, -0.1) is 11.3 Å². The lowest BCUT2D eigenvalue weighted by Gasteiger charge is -2.02. The lowest BCUT2D eigenvalue weighted by molar-refractivity contribution is 0.103. The summed E-state index contributed by atoms with van der Waals surface area (Å²) in [6.07, 6.45) is 3.61. The highest BCUT2D eigenvalue weighted by Crippen LogP contribution is 2.38. The third-order valence-corrected chi connectivity index (χ3v) is 6.70. The van der Waals surface area contributed by atoms with E-state index in [-0.39, 0.29) is 11.7 Å². The van der Waals surface area contributed by atoms with Crippen LogP contribution < -0.4 is 5.32 Å². The summed E-state index contributed by atoms with van der Waals surface area (Å²) in [6, 6.07) is 16.0. The van der Waals surface area contributed by atoms with E-state index in [0.29, 0.717) is 15.4 Å². The molecule has 2 aromatic carbocycles.